The van der Waals surface area contributed by atoms with Gasteiger partial charge in [0.15, 0.2) is 24.0 Å². The van der Waals surface area contributed by atoms with E-state index < -0.39 is 5.82 Å². The first-order chi connectivity index (χ1) is 15.9. The van der Waals surface area contributed by atoms with Gasteiger partial charge in [0.25, 0.3) is 5.91 Å². The summed E-state index contributed by atoms with van der Waals surface area (Å²) in [7, 11) is 4.80. The van der Waals surface area contributed by atoms with Gasteiger partial charge in [-0.25, -0.2) is 14.4 Å². The maximum absolute atomic E-state index is 14.3. The molecule has 0 fully saturated rings. The van der Waals surface area contributed by atoms with Gasteiger partial charge in [-0.2, -0.15) is 0 Å². The van der Waals surface area contributed by atoms with Gasteiger partial charge in [-0.3, -0.25) is 4.79 Å². The third-order valence-corrected chi connectivity index (χ3v) is 5.32. The Bertz CT molecular complexity index is 1320. The summed E-state index contributed by atoms with van der Waals surface area (Å²) in [5.41, 5.74) is 2.97. The fraction of sp³-hybridized carbons (Fsp3) is 0.240. The number of aryl methyl sites for hydroxylation is 1. The maximum Gasteiger partial charge on any atom is 0.259 e. The molecule has 0 saturated carbocycles. The van der Waals surface area contributed by atoms with E-state index in [2.05, 4.69) is 4.98 Å². The SMILES string of the molecule is CCc1nc(-c2ccc(OC)c(F)c2)nc2c1ccn2-c1cccc(OCC(=O)N(C)C)c1. The van der Waals surface area contributed by atoms with Gasteiger partial charge in [-0.1, -0.05) is 13.0 Å². The average molecular weight is 448 g/mol. The van der Waals surface area contributed by atoms with Crippen LogP contribution in [-0.2, 0) is 11.2 Å². The van der Waals surface area contributed by atoms with E-state index in [1.807, 2.05) is 42.0 Å². The van der Waals surface area contributed by atoms with E-state index in [-0.39, 0.29) is 18.3 Å². The van der Waals surface area contributed by atoms with Gasteiger partial charge in [-0.05, 0) is 42.8 Å². The number of carbonyl (C=O) groups excluding carboxylic acids is 1. The minimum atomic E-state index is -0.468. The van der Waals surface area contributed by atoms with E-state index in [0.717, 1.165) is 16.8 Å². The number of fused-ring (bicyclic) bond motifs is 1. The predicted molar refractivity (Wildman–Crippen MR) is 124 cm³/mol. The van der Waals surface area contributed by atoms with E-state index in [0.29, 0.717) is 29.2 Å². The van der Waals surface area contributed by atoms with E-state index in [1.165, 1.54) is 18.1 Å². The van der Waals surface area contributed by atoms with Crippen molar-refractivity contribution in [2.45, 2.75) is 13.3 Å². The zero-order valence-corrected chi connectivity index (χ0v) is 19.0. The minimum absolute atomic E-state index is 0.0434. The van der Waals surface area contributed by atoms with Gasteiger partial charge in [0.2, 0.25) is 0 Å². The van der Waals surface area contributed by atoms with Gasteiger partial charge in [0, 0.05) is 37.3 Å². The van der Waals surface area contributed by atoms with Gasteiger partial charge >= 0.3 is 0 Å². The summed E-state index contributed by atoms with van der Waals surface area (Å²) in [5.74, 6) is 0.591. The summed E-state index contributed by atoms with van der Waals surface area (Å²) in [4.78, 5) is 22.8. The molecule has 1 amide bonds. The van der Waals surface area contributed by atoms with Gasteiger partial charge in [0.05, 0.1) is 18.5 Å². The lowest BCUT2D eigenvalue weighted by atomic mass is 10.1. The number of benzene rings is 2. The molecule has 0 atom stereocenters. The van der Waals surface area contributed by atoms with E-state index >= 15 is 0 Å². The monoisotopic (exact) mass is 448 g/mol. The third kappa shape index (κ3) is 4.50. The lowest BCUT2D eigenvalue weighted by Crippen LogP contribution is -2.27. The molecule has 170 valence electrons. The van der Waals surface area contributed by atoms with Crippen LogP contribution in [0, 0.1) is 5.82 Å². The van der Waals surface area contributed by atoms with Crippen LogP contribution in [0.2, 0.25) is 0 Å². The number of amides is 1. The minimum Gasteiger partial charge on any atom is -0.494 e. The number of rotatable bonds is 7. The molecule has 0 spiro atoms. The number of ether oxygens (including phenoxy) is 2. The van der Waals surface area contributed by atoms with Crippen molar-refractivity contribution in [1.82, 2.24) is 19.4 Å². The third-order valence-electron chi connectivity index (χ3n) is 5.32. The first-order valence-corrected chi connectivity index (χ1v) is 10.6. The Morgan fingerprint density at radius 2 is 1.94 bits per heavy atom. The fourth-order valence-corrected chi connectivity index (χ4v) is 3.49. The Kier molecular flexibility index (Phi) is 6.26. The summed E-state index contributed by atoms with van der Waals surface area (Å²) >= 11 is 0. The Morgan fingerprint density at radius 1 is 1.12 bits per heavy atom. The maximum atomic E-state index is 14.3. The fourth-order valence-electron chi connectivity index (χ4n) is 3.49. The summed E-state index contributed by atoms with van der Waals surface area (Å²) in [6.45, 7) is 1.98. The lowest BCUT2D eigenvalue weighted by Gasteiger charge is -2.13. The number of nitrogens with zero attached hydrogens (tertiary/aromatic N) is 4. The molecule has 33 heavy (non-hydrogen) atoms. The smallest absolute Gasteiger partial charge is 0.259 e. The molecule has 2 aromatic carbocycles. The summed E-state index contributed by atoms with van der Waals surface area (Å²) in [5, 5.41) is 0.921. The Morgan fingerprint density at radius 3 is 2.64 bits per heavy atom. The van der Waals surface area contributed by atoms with Gasteiger partial charge in [-0.15, -0.1) is 0 Å². The highest BCUT2D eigenvalue weighted by molar-refractivity contribution is 5.83. The zero-order valence-electron chi connectivity index (χ0n) is 19.0. The summed E-state index contributed by atoms with van der Waals surface area (Å²) in [6, 6.07) is 14.1. The molecule has 7 nitrogen and oxygen atoms in total. The van der Waals surface area contributed by atoms with Crippen LogP contribution in [0.25, 0.3) is 28.1 Å². The average Bonchev–Trinajstić information content (AvgIpc) is 3.26. The van der Waals surface area contributed by atoms with Crippen LogP contribution < -0.4 is 9.47 Å². The van der Waals surface area contributed by atoms with Crippen LogP contribution in [0.4, 0.5) is 4.39 Å². The highest BCUT2D eigenvalue weighted by Gasteiger charge is 2.15. The van der Waals surface area contributed by atoms with Crippen LogP contribution in [0.5, 0.6) is 11.5 Å². The van der Waals surface area contributed by atoms with Crippen molar-refractivity contribution in [3.05, 3.63) is 66.2 Å². The van der Waals surface area contributed by atoms with Crippen molar-refractivity contribution in [2.75, 3.05) is 27.8 Å². The van der Waals surface area contributed by atoms with Crippen molar-refractivity contribution in [1.29, 1.82) is 0 Å². The summed E-state index contributed by atoms with van der Waals surface area (Å²) < 4.78 is 26.9. The second kappa shape index (κ2) is 9.28. The number of methoxy groups -OCH3 is 1. The lowest BCUT2D eigenvalue weighted by molar-refractivity contribution is -0.130. The second-order valence-corrected chi connectivity index (χ2v) is 7.69. The molecule has 4 rings (SSSR count). The highest BCUT2D eigenvalue weighted by atomic mass is 19.1. The molecule has 8 heteroatoms. The van der Waals surface area contributed by atoms with Crippen molar-refractivity contribution in [3.8, 4) is 28.6 Å². The number of likely N-dealkylation sites (N-methyl/N-ethyl adjacent to an activating group) is 1. The molecule has 0 unspecified atom stereocenters. The predicted octanol–water partition coefficient (Wildman–Crippen LogP) is 4.26. The van der Waals surface area contributed by atoms with E-state index in [4.69, 9.17) is 14.5 Å². The number of hydrogen-bond donors (Lipinski definition) is 0. The molecule has 0 saturated heterocycles. The topological polar surface area (TPSA) is 69.5 Å². The first kappa shape index (κ1) is 22.3. The Labute approximate surface area is 191 Å². The van der Waals surface area contributed by atoms with Crippen molar-refractivity contribution >= 4 is 16.9 Å². The zero-order chi connectivity index (χ0) is 23.5. The van der Waals surface area contributed by atoms with Crippen molar-refractivity contribution in [2.24, 2.45) is 0 Å². The van der Waals surface area contributed by atoms with Crippen molar-refractivity contribution < 1.29 is 18.7 Å². The Hall–Kier alpha value is -3.94. The second-order valence-electron chi connectivity index (χ2n) is 7.69. The normalized spacial score (nSPS) is 10.9. The number of aromatic nitrogens is 3. The molecular formula is C25H25FN4O3. The molecule has 0 aliphatic rings. The van der Waals surface area contributed by atoms with E-state index in [9.17, 15) is 9.18 Å². The van der Waals surface area contributed by atoms with Crippen LogP contribution in [0.1, 0.15) is 12.6 Å². The standard InChI is InChI=1S/C25H25FN4O3/c1-5-21-19-11-12-30(17-7-6-8-18(14-17)33-15-23(31)29(2)3)25(19)28-24(27-21)16-9-10-22(32-4)20(26)13-16/h6-14H,5,15H2,1-4H3. The van der Waals surface area contributed by atoms with Crippen LogP contribution in [0.3, 0.4) is 0 Å². The summed E-state index contributed by atoms with van der Waals surface area (Å²) in [6.07, 6.45) is 2.62. The van der Waals surface area contributed by atoms with Crippen molar-refractivity contribution in [3.63, 3.8) is 0 Å². The first-order valence-electron chi connectivity index (χ1n) is 10.6. The molecule has 0 aliphatic heterocycles. The molecule has 4 aromatic rings. The number of halogens is 1. The van der Waals surface area contributed by atoms with Crippen LogP contribution >= 0.6 is 0 Å². The van der Waals surface area contributed by atoms with E-state index in [1.54, 1.807) is 32.3 Å². The largest absolute Gasteiger partial charge is 0.494 e. The molecule has 0 N–H and O–H groups in total. The molecule has 0 bridgehead atoms. The quantitative estimate of drug-likeness (QED) is 0.422. The molecular weight excluding hydrogens is 423 g/mol. The molecule has 0 aliphatic carbocycles. The van der Waals surface area contributed by atoms with Crippen LogP contribution in [0.15, 0.2) is 54.7 Å². The number of hydrogen-bond acceptors (Lipinski definition) is 5. The highest BCUT2D eigenvalue weighted by Crippen LogP contribution is 2.28. The number of carbonyl (C=O) groups is 1. The Balaban J connectivity index is 1.75. The van der Waals surface area contributed by atoms with Gasteiger partial charge in [0.1, 0.15) is 11.4 Å². The van der Waals surface area contributed by atoms with Gasteiger partial charge < -0.3 is 18.9 Å². The molecule has 2 heterocycles. The molecule has 0 radical (unpaired) electrons. The molecule has 2 aromatic heterocycles. The van der Waals surface area contributed by atoms with Crippen LogP contribution in [-0.4, -0.2) is 53.2 Å².